The summed E-state index contributed by atoms with van der Waals surface area (Å²) >= 11 is 0. The van der Waals surface area contributed by atoms with E-state index in [-0.39, 0.29) is 18.3 Å². The van der Waals surface area contributed by atoms with Gasteiger partial charge < -0.3 is 24.4 Å². The summed E-state index contributed by atoms with van der Waals surface area (Å²) in [4.78, 5) is 14.5. The lowest BCUT2D eigenvalue weighted by atomic mass is 9.94. The van der Waals surface area contributed by atoms with Gasteiger partial charge in [0.2, 0.25) is 0 Å². The summed E-state index contributed by atoms with van der Waals surface area (Å²) in [7, 11) is 3.05. The Bertz CT molecular complexity index is 965. The number of carbonyl (C=O) groups excluding carboxylic acids is 1. The fraction of sp³-hybridized carbons (Fsp3) is 0.481. The van der Waals surface area contributed by atoms with E-state index >= 15 is 0 Å². The first-order valence-corrected chi connectivity index (χ1v) is 11.9. The standard InChI is InChI=1S/C27H35N3O4/c1-4-13-30(24-11-14-34-15-12-24)26-10-7-21(22(19-32-2)17-27(31)33-3)16-25(26)29-23-8-5-20(18-28)6-9-23/h5-10,16,22,24,29H,4,11-15,17,19H2,1-3H3/t22-/m1/s1. The van der Waals surface area contributed by atoms with Gasteiger partial charge in [-0.15, -0.1) is 0 Å². The molecule has 1 aliphatic heterocycles. The van der Waals surface area contributed by atoms with E-state index in [1.54, 1.807) is 19.2 Å². The zero-order chi connectivity index (χ0) is 24.3. The molecule has 0 bridgehead atoms. The number of hydrogen-bond acceptors (Lipinski definition) is 7. The summed E-state index contributed by atoms with van der Waals surface area (Å²) < 4.78 is 15.9. The molecular weight excluding hydrogens is 430 g/mol. The third-order valence-corrected chi connectivity index (χ3v) is 6.20. The smallest absolute Gasteiger partial charge is 0.306 e. The van der Waals surface area contributed by atoms with E-state index in [9.17, 15) is 4.79 Å². The van der Waals surface area contributed by atoms with Gasteiger partial charge in [0.05, 0.1) is 43.1 Å². The first kappa shape index (κ1) is 25.5. The van der Waals surface area contributed by atoms with Crippen molar-refractivity contribution in [3.63, 3.8) is 0 Å². The Morgan fingerprint density at radius 3 is 2.56 bits per heavy atom. The average molecular weight is 466 g/mol. The number of ether oxygens (including phenoxy) is 3. The van der Waals surface area contributed by atoms with E-state index in [1.165, 1.54) is 7.11 Å². The summed E-state index contributed by atoms with van der Waals surface area (Å²) in [6.07, 6.45) is 3.27. The van der Waals surface area contributed by atoms with Gasteiger partial charge in [-0.1, -0.05) is 13.0 Å². The van der Waals surface area contributed by atoms with Crippen molar-refractivity contribution in [1.29, 1.82) is 5.26 Å². The molecule has 1 aliphatic rings. The highest BCUT2D eigenvalue weighted by Crippen LogP contribution is 2.36. The third-order valence-electron chi connectivity index (χ3n) is 6.20. The quantitative estimate of drug-likeness (QED) is 0.468. The summed E-state index contributed by atoms with van der Waals surface area (Å²) in [5, 5.41) is 12.7. The maximum atomic E-state index is 12.0. The monoisotopic (exact) mass is 465 g/mol. The van der Waals surface area contributed by atoms with Crippen LogP contribution in [0.25, 0.3) is 0 Å². The van der Waals surface area contributed by atoms with E-state index in [4.69, 9.17) is 19.5 Å². The van der Waals surface area contributed by atoms with Crippen LogP contribution in [0.4, 0.5) is 17.1 Å². The normalized spacial score (nSPS) is 14.8. The molecule has 1 saturated heterocycles. The molecule has 34 heavy (non-hydrogen) atoms. The minimum atomic E-state index is -0.262. The second-order valence-corrected chi connectivity index (χ2v) is 8.56. The van der Waals surface area contributed by atoms with Gasteiger partial charge in [0.15, 0.2) is 0 Å². The van der Waals surface area contributed by atoms with Crippen molar-refractivity contribution in [1.82, 2.24) is 0 Å². The van der Waals surface area contributed by atoms with Gasteiger partial charge in [0.1, 0.15) is 0 Å². The molecule has 0 saturated carbocycles. The number of esters is 1. The number of hydrogen-bond donors (Lipinski definition) is 1. The molecule has 1 heterocycles. The Kier molecular flexibility index (Phi) is 9.75. The van der Waals surface area contributed by atoms with Crippen LogP contribution in [-0.4, -0.2) is 52.6 Å². The molecule has 0 spiro atoms. The maximum Gasteiger partial charge on any atom is 0.306 e. The van der Waals surface area contributed by atoms with Crippen molar-refractivity contribution in [3.05, 3.63) is 53.6 Å². The molecule has 0 aliphatic carbocycles. The highest BCUT2D eigenvalue weighted by molar-refractivity contribution is 5.77. The number of nitrogens with zero attached hydrogens (tertiary/aromatic N) is 2. The highest BCUT2D eigenvalue weighted by Gasteiger charge is 2.25. The zero-order valence-corrected chi connectivity index (χ0v) is 20.4. The summed E-state index contributed by atoms with van der Waals surface area (Å²) in [5.74, 6) is -0.377. The molecule has 1 atom stereocenters. The molecule has 1 fully saturated rings. The number of benzene rings is 2. The molecule has 7 heteroatoms. The molecule has 1 N–H and O–H groups in total. The second kappa shape index (κ2) is 13.0. The van der Waals surface area contributed by atoms with E-state index in [0.29, 0.717) is 18.2 Å². The average Bonchev–Trinajstić information content (AvgIpc) is 2.88. The number of anilines is 3. The minimum absolute atomic E-state index is 0.115. The fourth-order valence-corrected chi connectivity index (χ4v) is 4.44. The Labute approximate surface area is 202 Å². The number of methoxy groups -OCH3 is 2. The number of rotatable bonds is 11. The van der Waals surface area contributed by atoms with Crippen molar-refractivity contribution in [2.75, 3.05) is 50.8 Å². The molecule has 0 radical (unpaired) electrons. The van der Waals surface area contributed by atoms with Crippen LogP contribution in [0.15, 0.2) is 42.5 Å². The summed E-state index contributed by atoms with van der Waals surface area (Å²) in [5.41, 5.74) is 4.62. The first-order chi connectivity index (χ1) is 16.6. The molecule has 3 rings (SSSR count). The highest BCUT2D eigenvalue weighted by atomic mass is 16.5. The van der Waals surface area contributed by atoms with Crippen molar-refractivity contribution >= 4 is 23.0 Å². The Hall–Kier alpha value is -3.08. The lowest BCUT2D eigenvalue weighted by Gasteiger charge is -2.37. The Morgan fingerprint density at radius 1 is 1.21 bits per heavy atom. The van der Waals surface area contributed by atoms with E-state index in [2.05, 4.69) is 41.4 Å². The van der Waals surface area contributed by atoms with Gasteiger partial charge in [-0.05, 0) is 61.2 Å². The van der Waals surface area contributed by atoms with E-state index in [1.807, 2.05) is 12.1 Å². The van der Waals surface area contributed by atoms with Gasteiger partial charge in [0.25, 0.3) is 0 Å². The Morgan fingerprint density at radius 2 is 1.94 bits per heavy atom. The van der Waals surface area contributed by atoms with Crippen LogP contribution >= 0.6 is 0 Å². The minimum Gasteiger partial charge on any atom is -0.469 e. The molecule has 7 nitrogen and oxygen atoms in total. The van der Waals surface area contributed by atoms with Gasteiger partial charge in [-0.2, -0.15) is 5.26 Å². The van der Waals surface area contributed by atoms with Gasteiger partial charge in [-0.25, -0.2) is 0 Å². The van der Waals surface area contributed by atoms with Crippen LogP contribution in [-0.2, 0) is 19.0 Å². The SMILES string of the molecule is CCCN(c1ccc([C@@H](COC)CC(=O)OC)cc1Nc1ccc(C#N)cc1)C1CCOCC1. The third kappa shape index (κ3) is 6.72. The van der Waals surface area contributed by atoms with Crippen LogP contribution < -0.4 is 10.2 Å². The van der Waals surface area contributed by atoms with Gasteiger partial charge in [0, 0.05) is 44.5 Å². The molecule has 0 unspecified atom stereocenters. The molecule has 0 aromatic heterocycles. The van der Waals surface area contributed by atoms with Crippen molar-refractivity contribution in [2.24, 2.45) is 0 Å². The predicted octanol–water partition coefficient (Wildman–Crippen LogP) is 4.99. The second-order valence-electron chi connectivity index (χ2n) is 8.56. The van der Waals surface area contributed by atoms with Crippen LogP contribution in [0, 0.1) is 11.3 Å². The number of nitriles is 1. The van der Waals surface area contributed by atoms with E-state index in [0.717, 1.165) is 61.6 Å². The molecular formula is C27H35N3O4. The fourth-order valence-electron chi connectivity index (χ4n) is 4.44. The van der Waals surface area contributed by atoms with Gasteiger partial charge in [-0.3, -0.25) is 4.79 Å². The predicted molar refractivity (Wildman–Crippen MR) is 134 cm³/mol. The molecule has 182 valence electrons. The van der Waals surface area contributed by atoms with Crippen molar-refractivity contribution in [3.8, 4) is 6.07 Å². The van der Waals surface area contributed by atoms with Gasteiger partial charge >= 0.3 is 5.97 Å². The summed E-state index contributed by atoms with van der Waals surface area (Å²) in [6, 6.07) is 16.4. The number of carbonyl (C=O) groups is 1. The van der Waals surface area contributed by atoms with Crippen LogP contribution in [0.5, 0.6) is 0 Å². The zero-order valence-electron chi connectivity index (χ0n) is 20.4. The molecule has 2 aromatic carbocycles. The number of nitrogens with one attached hydrogen (secondary N) is 1. The van der Waals surface area contributed by atoms with Crippen molar-refractivity contribution < 1.29 is 19.0 Å². The summed E-state index contributed by atoms with van der Waals surface area (Å²) in [6.45, 7) is 5.10. The van der Waals surface area contributed by atoms with Crippen LogP contribution in [0.3, 0.4) is 0 Å². The largest absolute Gasteiger partial charge is 0.469 e. The van der Waals surface area contributed by atoms with Crippen molar-refractivity contribution in [2.45, 2.75) is 44.6 Å². The molecule has 0 amide bonds. The lowest BCUT2D eigenvalue weighted by molar-refractivity contribution is -0.141. The topological polar surface area (TPSA) is 83.8 Å². The van der Waals surface area contributed by atoms with Crippen LogP contribution in [0.2, 0.25) is 0 Å². The first-order valence-electron chi connectivity index (χ1n) is 11.9. The molecule has 2 aromatic rings. The lowest BCUT2D eigenvalue weighted by Crippen LogP contribution is -2.40. The van der Waals surface area contributed by atoms with Crippen LogP contribution in [0.1, 0.15) is 49.7 Å². The Balaban J connectivity index is 2.01. The maximum absolute atomic E-state index is 12.0. The van der Waals surface area contributed by atoms with E-state index < -0.39 is 0 Å².